The van der Waals surface area contributed by atoms with Crippen molar-refractivity contribution >= 4 is 27.6 Å². The molecule has 2 fully saturated rings. The fourth-order valence-electron chi connectivity index (χ4n) is 3.74. The number of amides is 1. The molecule has 1 aromatic rings. The second kappa shape index (κ2) is 8.24. The third-order valence-electron chi connectivity index (χ3n) is 5.27. The van der Waals surface area contributed by atoms with Gasteiger partial charge in [0, 0.05) is 24.6 Å². The number of anilines is 2. The first kappa shape index (κ1) is 22.1. The zero-order valence-corrected chi connectivity index (χ0v) is 17.9. The maximum atomic E-state index is 14.9. The minimum atomic E-state index is -3.65. The lowest BCUT2D eigenvalue weighted by Crippen LogP contribution is -2.42. The number of allylic oxidation sites excluding steroid dienone is 1. The molecule has 10 heteroatoms. The van der Waals surface area contributed by atoms with Crippen LogP contribution in [0.4, 0.5) is 20.6 Å². The molecule has 8 nitrogen and oxygen atoms in total. The maximum Gasteiger partial charge on any atom is 0.414 e. The Hall–Kier alpha value is -2.64. The number of ether oxygens (including phenoxy) is 1. The van der Waals surface area contributed by atoms with E-state index in [1.807, 2.05) is 18.7 Å². The van der Waals surface area contributed by atoms with Crippen LogP contribution in [0.1, 0.15) is 20.3 Å². The molecule has 2 heterocycles. The number of carbonyl (C=O) groups excluding carboxylic acids is 1. The van der Waals surface area contributed by atoms with Crippen molar-refractivity contribution in [1.82, 2.24) is 0 Å². The number of halogens is 1. The van der Waals surface area contributed by atoms with Gasteiger partial charge in [-0.05, 0) is 24.6 Å². The molecule has 162 valence electrons. The van der Waals surface area contributed by atoms with Gasteiger partial charge >= 0.3 is 6.09 Å². The zero-order valence-electron chi connectivity index (χ0n) is 17.1. The molecule has 2 saturated heterocycles. The molecule has 30 heavy (non-hydrogen) atoms. The van der Waals surface area contributed by atoms with Gasteiger partial charge in [0.1, 0.15) is 18.5 Å². The Balaban J connectivity index is 1.72. The Morgan fingerprint density at radius 1 is 1.43 bits per heavy atom. The summed E-state index contributed by atoms with van der Waals surface area (Å²) in [6.07, 6.45) is 1.70. The van der Waals surface area contributed by atoms with Gasteiger partial charge < -0.3 is 9.64 Å². The fourth-order valence-corrected chi connectivity index (χ4v) is 4.14. The van der Waals surface area contributed by atoms with Gasteiger partial charge in [-0.3, -0.25) is 9.08 Å². The molecule has 0 bridgehead atoms. The number of cyclic esters (lactones) is 1. The molecule has 0 radical (unpaired) electrons. The van der Waals surface area contributed by atoms with E-state index in [0.29, 0.717) is 30.9 Å². The summed E-state index contributed by atoms with van der Waals surface area (Å²) in [5, 5.41) is 8.95. The summed E-state index contributed by atoms with van der Waals surface area (Å²) in [6, 6.07) is 6.59. The number of benzene rings is 1. The van der Waals surface area contributed by atoms with Crippen molar-refractivity contribution in [2.24, 2.45) is 5.41 Å². The van der Waals surface area contributed by atoms with E-state index < -0.39 is 28.1 Å². The van der Waals surface area contributed by atoms with Gasteiger partial charge in [0.15, 0.2) is 0 Å². The van der Waals surface area contributed by atoms with Gasteiger partial charge in [-0.1, -0.05) is 19.4 Å². The molecule has 1 amide bonds. The van der Waals surface area contributed by atoms with Gasteiger partial charge in [0.2, 0.25) is 0 Å². The van der Waals surface area contributed by atoms with E-state index in [0.717, 1.165) is 11.8 Å². The molecule has 2 aliphatic heterocycles. The standard InChI is InChI=1S/C20H24FN3O5S/c1-20(2)13-23(9-7-14(20)6-8-22)18-5-4-15(10-17(18)21)24-11-16(29-19(24)25)12-28-30(3,26)27/h4-6,10,16H,7,9,11-13H2,1-3H3/b14-6-. The molecule has 0 spiro atoms. The van der Waals surface area contributed by atoms with Crippen molar-refractivity contribution in [3.05, 3.63) is 35.7 Å². The number of carbonyl (C=O) groups is 1. The van der Waals surface area contributed by atoms with Crippen LogP contribution in [0.15, 0.2) is 29.8 Å². The molecule has 1 aromatic carbocycles. The highest BCUT2D eigenvalue weighted by Gasteiger charge is 2.35. The van der Waals surface area contributed by atoms with Crippen molar-refractivity contribution in [3.63, 3.8) is 0 Å². The number of hydrogen-bond donors (Lipinski definition) is 0. The van der Waals surface area contributed by atoms with Crippen LogP contribution in [0.2, 0.25) is 0 Å². The molecule has 0 saturated carbocycles. The van der Waals surface area contributed by atoms with Crippen LogP contribution >= 0.6 is 0 Å². The lowest BCUT2D eigenvalue weighted by molar-refractivity contribution is 0.107. The number of nitrogens with zero attached hydrogens (tertiary/aromatic N) is 3. The number of hydrogen-bond acceptors (Lipinski definition) is 7. The van der Waals surface area contributed by atoms with E-state index >= 15 is 0 Å². The normalized spacial score (nSPS) is 22.8. The lowest BCUT2D eigenvalue weighted by Gasteiger charge is -2.41. The highest BCUT2D eigenvalue weighted by atomic mass is 32.2. The van der Waals surface area contributed by atoms with E-state index in [1.54, 1.807) is 18.2 Å². The van der Waals surface area contributed by atoms with Crippen LogP contribution in [0.25, 0.3) is 0 Å². The van der Waals surface area contributed by atoms with Crippen LogP contribution in [0.5, 0.6) is 0 Å². The second-order valence-electron chi connectivity index (χ2n) is 8.09. The molecule has 1 unspecified atom stereocenters. The Labute approximate surface area is 175 Å². The number of rotatable bonds is 5. The maximum absolute atomic E-state index is 14.9. The highest BCUT2D eigenvalue weighted by Crippen LogP contribution is 2.37. The van der Waals surface area contributed by atoms with Crippen molar-refractivity contribution in [1.29, 1.82) is 5.26 Å². The second-order valence-corrected chi connectivity index (χ2v) is 9.74. The minimum Gasteiger partial charge on any atom is -0.441 e. The average molecular weight is 437 g/mol. The van der Waals surface area contributed by atoms with Crippen molar-refractivity contribution in [3.8, 4) is 6.07 Å². The van der Waals surface area contributed by atoms with Gasteiger partial charge in [-0.15, -0.1) is 0 Å². The van der Waals surface area contributed by atoms with Crippen LogP contribution < -0.4 is 9.80 Å². The van der Waals surface area contributed by atoms with E-state index in [1.165, 1.54) is 11.0 Å². The predicted molar refractivity (Wildman–Crippen MR) is 109 cm³/mol. The molecular formula is C20H24FN3O5S. The molecule has 3 rings (SSSR count). The zero-order chi connectivity index (χ0) is 22.1. The van der Waals surface area contributed by atoms with Crippen LogP contribution in [-0.4, -0.2) is 53.1 Å². The summed E-state index contributed by atoms with van der Waals surface area (Å²) in [7, 11) is -3.65. The first-order valence-electron chi connectivity index (χ1n) is 9.46. The monoisotopic (exact) mass is 437 g/mol. The topological polar surface area (TPSA) is 99.9 Å². The summed E-state index contributed by atoms with van der Waals surface area (Å²) in [4.78, 5) is 15.3. The summed E-state index contributed by atoms with van der Waals surface area (Å²) in [5.41, 5.74) is 1.53. The first-order valence-corrected chi connectivity index (χ1v) is 11.3. The SMILES string of the molecule is CC1(C)CN(c2ccc(N3CC(COS(C)(=O)=O)OC3=O)cc2F)CC/C1=C/C#N. The van der Waals surface area contributed by atoms with Gasteiger partial charge in [0.05, 0.1) is 30.2 Å². The van der Waals surface area contributed by atoms with Gasteiger partial charge in [0.25, 0.3) is 10.1 Å². The Kier molecular flexibility index (Phi) is 6.06. The quantitative estimate of drug-likeness (QED) is 0.516. The van der Waals surface area contributed by atoms with Crippen LogP contribution in [-0.2, 0) is 19.0 Å². The van der Waals surface area contributed by atoms with E-state index in [4.69, 9.17) is 10.00 Å². The Bertz CT molecular complexity index is 1020. The molecule has 0 aliphatic carbocycles. The molecule has 2 aliphatic rings. The van der Waals surface area contributed by atoms with E-state index in [-0.39, 0.29) is 18.6 Å². The Morgan fingerprint density at radius 2 is 2.17 bits per heavy atom. The number of nitriles is 1. The summed E-state index contributed by atoms with van der Waals surface area (Å²) in [6.45, 7) is 4.97. The van der Waals surface area contributed by atoms with Crippen molar-refractivity contribution in [2.75, 3.05) is 42.3 Å². The summed E-state index contributed by atoms with van der Waals surface area (Å²) in [5.74, 6) is -0.473. The predicted octanol–water partition coefficient (Wildman–Crippen LogP) is 2.81. The van der Waals surface area contributed by atoms with Crippen molar-refractivity contribution < 1.29 is 26.5 Å². The van der Waals surface area contributed by atoms with Crippen LogP contribution in [0, 0.1) is 22.6 Å². The van der Waals surface area contributed by atoms with E-state index in [9.17, 15) is 17.6 Å². The lowest BCUT2D eigenvalue weighted by atomic mass is 9.78. The molecule has 1 atom stereocenters. The third-order valence-corrected chi connectivity index (χ3v) is 5.84. The fraction of sp³-hybridized carbons (Fsp3) is 0.500. The summed E-state index contributed by atoms with van der Waals surface area (Å²) < 4.78 is 46.9. The smallest absolute Gasteiger partial charge is 0.414 e. The highest BCUT2D eigenvalue weighted by molar-refractivity contribution is 7.85. The van der Waals surface area contributed by atoms with Gasteiger partial charge in [-0.2, -0.15) is 13.7 Å². The minimum absolute atomic E-state index is 0.0617. The summed E-state index contributed by atoms with van der Waals surface area (Å²) >= 11 is 0. The molecular weight excluding hydrogens is 413 g/mol. The van der Waals surface area contributed by atoms with Crippen molar-refractivity contribution in [2.45, 2.75) is 26.4 Å². The Morgan fingerprint density at radius 3 is 2.77 bits per heavy atom. The van der Waals surface area contributed by atoms with E-state index in [2.05, 4.69) is 10.3 Å². The van der Waals surface area contributed by atoms with Gasteiger partial charge in [-0.25, -0.2) is 9.18 Å². The third kappa shape index (κ3) is 4.91. The van der Waals surface area contributed by atoms with Crippen LogP contribution in [0.3, 0.4) is 0 Å². The average Bonchev–Trinajstić information content (AvgIpc) is 3.02. The first-order chi connectivity index (χ1) is 14.0. The largest absolute Gasteiger partial charge is 0.441 e. The molecule has 0 N–H and O–H groups in total. The number of piperidine rings is 1. The molecule has 0 aromatic heterocycles.